The van der Waals surface area contributed by atoms with Crippen LogP contribution in [-0.4, -0.2) is 36.7 Å². The molecule has 0 aliphatic rings. The Bertz CT molecular complexity index is 718. The second-order valence-electron chi connectivity index (χ2n) is 11.6. The molecule has 3 N–H and O–H groups in total. The Labute approximate surface area is 233 Å². The largest absolute Gasteiger partial charge is 0.450 e. The summed E-state index contributed by atoms with van der Waals surface area (Å²) in [5, 5.41) is 9.37. The molecule has 0 spiro atoms. The monoisotopic (exact) mass is 531 g/mol. The highest BCUT2D eigenvalue weighted by molar-refractivity contribution is 5.81. The molecule has 0 fully saturated rings. The van der Waals surface area contributed by atoms with Crippen molar-refractivity contribution in [3.63, 3.8) is 0 Å². The minimum atomic E-state index is -0.392. The van der Waals surface area contributed by atoms with E-state index in [1.807, 2.05) is 39.0 Å². The summed E-state index contributed by atoms with van der Waals surface area (Å²) >= 11 is 0. The lowest BCUT2D eigenvalue weighted by Gasteiger charge is -2.20. The first-order valence-corrected chi connectivity index (χ1v) is 15.3. The molecule has 38 heavy (non-hydrogen) atoms. The SMILES string of the molecule is CCCCCCCCCCCCCCNC(=O)C(CCCCOC(=O)NC(C)(C)C)NCc1ccccc1. The van der Waals surface area contributed by atoms with Crippen LogP contribution < -0.4 is 16.0 Å². The van der Waals surface area contributed by atoms with Crippen LogP contribution in [0.15, 0.2) is 30.3 Å². The van der Waals surface area contributed by atoms with Gasteiger partial charge in [0.1, 0.15) is 0 Å². The molecule has 6 heteroatoms. The lowest BCUT2D eigenvalue weighted by molar-refractivity contribution is -0.123. The molecule has 0 bridgehead atoms. The zero-order valence-corrected chi connectivity index (χ0v) is 24.9. The lowest BCUT2D eigenvalue weighted by Crippen LogP contribution is -2.44. The summed E-state index contributed by atoms with van der Waals surface area (Å²) in [6.07, 6.45) is 17.6. The maximum Gasteiger partial charge on any atom is 0.407 e. The van der Waals surface area contributed by atoms with Crippen LogP contribution in [0.4, 0.5) is 4.79 Å². The third-order valence-electron chi connectivity index (χ3n) is 6.64. The van der Waals surface area contributed by atoms with E-state index in [1.165, 1.54) is 70.6 Å². The van der Waals surface area contributed by atoms with Crippen molar-refractivity contribution in [3.05, 3.63) is 35.9 Å². The number of unbranched alkanes of at least 4 members (excludes halogenated alkanes) is 12. The van der Waals surface area contributed by atoms with Gasteiger partial charge in [0, 0.05) is 18.6 Å². The molecule has 1 aromatic rings. The molecule has 0 heterocycles. The molecule has 0 saturated carbocycles. The van der Waals surface area contributed by atoms with Gasteiger partial charge in [-0.2, -0.15) is 0 Å². The average molecular weight is 532 g/mol. The Morgan fingerprint density at radius 1 is 0.789 bits per heavy atom. The third-order valence-corrected chi connectivity index (χ3v) is 6.64. The molecule has 0 saturated heterocycles. The molecule has 218 valence electrons. The van der Waals surface area contributed by atoms with Crippen LogP contribution in [0.2, 0.25) is 0 Å². The number of hydrogen-bond acceptors (Lipinski definition) is 4. The topological polar surface area (TPSA) is 79.5 Å². The summed E-state index contributed by atoms with van der Waals surface area (Å²) in [6, 6.07) is 9.90. The van der Waals surface area contributed by atoms with E-state index in [4.69, 9.17) is 4.74 Å². The molecular formula is C32H57N3O3. The predicted octanol–water partition coefficient (Wildman–Crippen LogP) is 7.66. The van der Waals surface area contributed by atoms with Crippen molar-refractivity contribution in [3.8, 4) is 0 Å². The van der Waals surface area contributed by atoms with Gasteiger partial charge in [0.05, 0.1) is 12.6 Å². The Morgan fingerprint density at radius 2 is 1.37 bits per heavy atom. The highest BCUT2D eigenvalue weighted by Crippen LogP contribution is 2.12. The molecule has 1 atom stereocenters. The van der Waals surface area contributed by atoms with Crippen LogP contribution >= 0.6 is 0 Å². The van der Waals surface area contributed by atoms with Crippen LogP contribution in [-0.2, 0) is 16.1 Å². The van der Waals surface area contributed by atoms with Crippen LogP contribution in [0.1, 0.15) is 130 Å². The number of amides is 2. The summed E-state index contributed by atoms with van der Waals surface area (Å²) < 4.78 is 5.27. The Hall–Kier alpha value is -2.08. The summed E-state index contributed by atoms with van der Waals surface area (Å²) in [5.41, 5.74) is 0.850. The van der Waals surface area contributed by atoms with Crippen molar-refractivity contribution in [2.24, 2.45) is 0 Å². The molecular weight excluding hydrogens is 474 g/mol. The number of carbonyl (C=O) groups excluding carboxylic acids is 2. The summed E-state index contributed by atoms with van der Waals surface area (Å²) in [6.45, 7) is 9.78. The van der Waals surface area contributed by atoms with E-state index in [2.05, 4.69) is 35.0 Å². The smallest absolute Gasteiger partial charge is 0.407 e. The van der Waals surface area contributed by atoms with Gasteiger partial charge in [-0.25, -0.2) is 4.79 Å². The molecule has 2 amide bonds. The summed E-state index contributed by atoms with van der Waals surface area (Å²) in [7, 11) is 0. The predicted molar refractivity (Wildman–Crippen MR) is 159 cm³/mol. The van der Waals surface area contributed by atoms with Crippen LogP contribution in [0.5, 0.6) is 0 Å². The normalized spacial score (nSPS) is 12.2. The van der Waals surface area contributed by atoms with Gasteiger partial charge in [0.15, 0.2) is 0 Å². The standard InChI is InChI=1S/C32H57N3O3/c1-5-6-7-8-9-10-11-12-13-14-15-20-25-33-30(36)29(34-27-28-22-17-16-18-23-28)24-19-21-26-38-31(37)35-32(2,3)4/h16-18,22-23,29,34H,5-15,19-21,24-27H2,1-4H3,(H,33,36)(H,35,37). The maximum atomic E-state index is 12.9. The first-order chi connectivity index (χ1) is 18.3. The molecule has 1 unspecified atom stereocenters. The molecule has 0 aromatic heterocycles. The molecule has 1 rings (SSSR count). The Kier molecular flexibility index (Phi) is 19.5. The number of carbonyl (C=O) groups is 2. The van der Waals surface area contributed by atoms with E-state index in [9.17, 15) is 9.59 Å². The van der Waals surface area contributed by atoms with E-state index in [0.717, 1.165) is 31.4 Å². The zero-order valence-electron chi connectivity index (χ0n) is 24.9. The number of alkyl carbamates (subject to hydrolysis) is 1. The molecule has 0 aliphatic carbocycles. The average Bonchev–Trinajstić information content (AvgIpc) is 2.87. The van der Waals surface area contributed by atoms with Crippen molar-refractivity contribution >= 4 is 12.0 Å². The number of hydrogen-bond donors (Lipinski definition) is 3. The molecule has 6 nitrogen and oxygen atoms in total. The van der Waals surface area contributed by atoms with E-state index < -0.39 is 6.09 Å². The molecule has 0 aliphatic heterocycles. The van der Waals surface area contributed by atoms with Crippen LogP contribution in [0.3, 0.4) is 0 Å². The van der Waals surface area contributed by atoms with Crippen molar-refractivity contribution in [2.45, 2.75) is 142 Å². The van der Waals surface area contributed by atoms with Crippen molar-refractivity contribution in [1.29, 1.82) is 0 Å². The third kappa shape index (κ3) is 20.0. The fraction of sp³-hybridized carbons (Fsp3) is 0.750. The van der Waals surface area contributed by atoms with Gasteiger partial charge in [-0.05, 0) is 52.0 Å². The van der Waals surface area contributed by atoms with Gasteiger partial charge in [0.2, 0.25) is 5.91 Å². The van der Waals surface area contributed by atoms with E-state index in [-0.39, 0.29) is 17.5 Å². The minimum Gasteiger partial charge on any atom is -0.450 e. The fourth-order valence-corrected chi connectivity index (χ4v) is 4.42. The van der Waals surface area contributed by atoms with Crippen molar-refractivity contribution in [2.75, 3.05) is 13.2 Å². The van der Waals surface area contributed by atoms with Crippen LogP contribution in [0, 0.1) is 0 Å². The number of benzene rings is 1. The first-order valence-electron chi connectivity index (χ1n) is 15.3. The summed E-state index contributed by atoms with van der Waals surface area (Å²) in [5.74, 6) is 0.0652. The number of nitrogens with one attached hydrogen (secondary N) is 3. The van der Waals surface area contributed by atoms with Crippen molar-refractivity contribution in [1.82, 2.24) is 16.0 Å². The minimum absolute atomic E-state index is 0.0652. The van der Waals surface area contributed by atoms with Gasteiger partial charge in [-0.1, -0.05) is 108 Å². The summed E-state index contributed by atoms with van der Waals surface area (Å²) in [4.78, 5) is 24.7. The Morgan fingerprint density at radius 3 is 1.95 bits per heavy atom. The zero-order chi connectivity index (χ0) is 27.9. The van der Waals surface area contributed by atoms with Gasteiger partial charge in [0.25, 0.3) is 0 Å². The first kappa shape index (κ1) is 33.9. The molecule has 1 aromatic carbocycles. The van der Waals surface area contributed by atoms with E-state index >= 15 is 0 Å². The fourth-order valence-electron chi connectivity index (χ4n) is 4.42. The van der Waals surface area contributed by atoms with E-state index in [1.54, 1.807) is 0 Å². The lowest BCUT2D eigenvalue weighted by atomic mass is 10.1. The second kappa shape index (κ2) is 21.8. The quantitative estimate of drug-likeness (QED) is 0.134. The Balaban J connectivity index is 2.24. The second-order valence-corrected chi connectivity index (χ2v) is 11.6. The number of ether oxygens (including phenoxy) is 1. The van der Waals surface area contributed by atoms with E-state index in [0.29, 0.717) is 19.6 Å². The van der Waals surface area contributed by atoms with Gasteiger partial charge >= 0.3 is 6.09 Å². The highest BCUT2D eigenvalue weighted by Gasteiger charge is 2.18. The van der Waals surface area contributed by atoms with Gasteiger partial charge in [-0.15, -0.1) is 0 Å². The van der Waals surface area contributed by atoms with Gasteiger partial charge in [-0.3, -0.25) is 4.79 Å². The molecule has 0 radical (unpaired) electrons. The number of rotatable bonds is 22. The maximum absolute atomic E-state index is 12.9. The van der Waals surface area contributed by atoms with Crippen LogP contribution in [0.25, 0.3) is 0 Å². The van der Waals surface area contributed by atoms with Gasteiger partial charge < -0.3 is 20.7 Å². The van der Waals surface area contributed by atoms with Crippen molar-refractivity contribution < 1.29 is 14.3 Å². The highest BCUT2D eigenvalue weighted by atomic mass is 16.5.